The Morgan fingerprint density at radius 3 is 2.47 bits per heavy atom. The molecule has 0 bridgehead atoms. The second-order valence-electron chi connectivity index (χ2n) is 7.57. The summed E-state index contributed by atoms with van der Waals surface area (Å²) in [5.41, 5.74) is 2.58. The first-order chi connectivity index (χ1) is 17.5. The molecule has 1 heterocycles. The number of anilines is 1. The highest BCUT2D eigenvalue weighted by molar-refractivity contribution is 6.10. The summed E-state index contributed by atoms with van der Waals surface area (Å²) in [5.74, 6) is -0.110. The van der Waals surface area contributed by atoms with Crippen LogP contribution in [0.2, 0.25) is 0 Å². The summed E-state index contributed by atoms with van der Waals surface area (Å²) in [6.45, 7) is 2.26. The first kappa shape index (κ1) is 23.9. The number of hydrogen-bond acceptors (Lipinski definition) is 6. The molecule has 0 unspecified atom stereocenters. The number of nitrogens with zero attached hydrogens (tertiary/aromatic N) is 4. The molecule has 0 aliphatic rings. The molecule has 0 saturated heterocycles. The summed E-state index contributed by atoms with van der Waals surface area (Å²) in [5, 5.41) is 28.2. The highest BCUT2D eigenvalue weighted by Gasteiger charge is 2.17. The molecule has 1 amide bonds. The molecule has 0 saturated carbocycles. The van der Waals surface area contributed by atoms with Gasteiger partial charge < -0.3 is 10.1 Å². The lowest BCUT2D eigenvalue weighted by Crippen LogP contribution is -2.14. The van der Waals surface area contributed by atoms with Gasteiger partial charge in [-0.25, -0.2) is 4.68 Å². The third-order valence-electron chi connectivity index (χ3n) is 5.21. The lowest BCUT2D eigenvalue weighted by Gasteiger charge is -2.10. The van der Waals surface area contributed by atoms with E-state index >= 15 is 0 Å². The van der Waals surface area contributed by atoms with Gasteiger partial charge in [-0.15, -0.1) is 0 Å². The van der Waals surface area contributed by atoms with Crippen molar-refractivity contribution in [3.63, 3.8) is 0 Å². The molecule has 178 valence electrons. The van der Waals surface area contributed by atoms with E-state index in [1.807, 2.05) is 43.3 Å². The van der Waals surface area contributed by atoms with E-state index in [4.69, 9.17) is 4.74 Å². The molecule has 0 aliphatic carbocycles. The monoisotopic (exact) mass is 479 g/mol. The van der Waals surface area contributed by atoms with Crippen LogP contribution in [-0.2, 0) is 4.79 Å². The zero-order valence-electron chi connectivity index (χ0n) is 19.3. The number of carbonyl (C=O) groups excluding carboxylic acids is 1. The van der Waals surface area contributed by atoms with Crippen LogP contribution < -0.4 is 10.1 Å². The van der Waals surface area contributed by atoms with Gasteiger partial charge in [0.1, 0.15) is 23.1 Å². The molecule has 9 heteroatoms. The summed E-state index contributed by atoms with van der Waals surface area (Å²) >= 11 is 0. The Morgan fingerprint density at radius 2 is 1.81 bits per heavy atom. The largest absolute Gasteiger partial charge is 0.492 e. The van der Waals surface area contributed by atoms with Crippen LogP contribution in [0.3, 0.4) is 0 Å². The third kappa shape index (κ3) is 5.29. The topological polar surface area (TPSA) is 123 Å². The Morgan fingerprint density at radius 1 is 1.11 bits per heavy atom. The maximum Gasteiger partial charge on any atom is 0.269 e. The summed E-state index contributed by atoms with van der Waals surface area (Å²) in [6, 6.07) is 24.2. The number of rotatable bonds is 8. The van der Waals surface area contributed by atoms with Crippen molar-refractivity contribution in [3.8, 4) is 28.8 Å². The molecule has 3 aromatic carbocycles. The van der Waals surface area contributed by atoms with E-state index in [2.05, 4.69) is 10.4 Å². The zero-order chi connectivity index (χ0) is 25.5. The van der Waals surface area contributed by atoms with Gasteiger partial charge in [-0.05, 0) is 49.4 Å². The van der Waals surface area contributed by atoms with Crippen LogP contribution in [0.4, 0.5) is 11.4 Å². The summed E-state index contributed by atoms with van der Waals surface area (Å²) < 4.78 is 7.17. The van der Waals surface area contributed by atoms with Gasteiger partial charge in [0.25, 0.3) is 11.6 Å². The van der Waals surface area contributed by atoms with E-state index in [1.165, 1.54) is 18.2 Å². The molecule has 4 rings (SSSR count). The molecular formula is C27H21N5O4. The average Bonchev–Trinajstić information content (AvgIpc) is 3.33. The van der Waals surface area contributed by atoms with Crippen molar-refractivity contribution in [2.24, 2.45) is 0 Å². The fourth-order valence-corrected chi connectivity index (χ4v) is 3.52. The van der Waals surface area contributed by atoms with E-state index in [-0.39, 0.29) is 11.3 Å². The van der Waals surface area contributed by atoms with Gasteiger partial charge in [0.05, 0.1) is 22.9 Å². The molecule has 1 N–H and O–H groups in total. The number of nitriles is 1. The van der Waals surface area contributed by atoms with E-state index in [1.54, 1.807) is 47.3 Å². The number of aromatic nitrogens is 2. The second-order valence-corrected chi connectivity index (χ2v) is 7.57. The summed E-state index contributed by atoms with van der Waals surface area (Å²) in [7, 11) is 0. The number of non-ortho nitro benzene ring substituents is 1. The Kier molecular flexibility index (Phi) is 7.17. The molecule has 9 nitrogen and oxygen atoms in total. The van der Waals surface area contributed by atoms with Gasteiger partial charge in [-0.2, -0.15) is 10.4 Å². The molecule has 4 aromatic rings. The van der Waals surface area contributed by atoms with E-state index in [0.717, 1.165) is 5.69 Å². The Balaban J connectivity index is 1.74. The van der Waals surface area contributed by atoms with Crippen LogP contribution in [0, 0.1) is 21.4 Å². The number of nitro benzene ring substituents is 1. The molecule has 36 heavy (non-hydrogen) atoms. The second kappa shape index (κ2) is 10.8. The Hall–Kier alpha value is -5.23. The van der Waals surface area contributed by atoms with Crippen molar-refractivity contribution in [2.75, 3.05) is 11.9 Å². The minimum atomic E-state index is -0.605. The van der Waals surface area contributed by atoms with E-state index in [9.17, 15) is 20.2 Å². The molecule has 0 radical (unpaired) electrons. The zero-order valence-corrected chi connectivity index (χ0v) is 19.3. The predicted molar refractivity (Wildman–Crippen MR) is 135 cm³/mol. The fraction of sp³-hybridized carbons (Fsp3) is 0.0741. The normalized spacial score (nSPS) is 10.9. The van der Waals surface area contributed by atoms with E-state index < -0.39 is 10.8 Å². The predicted octanol–water partition coefficient (Wildman–Crippen LogP) is 5.39. The summed E-state index contributed by atoms with van der Waals surface area (Å²) in [4.78, 5) is 23.6. The number of hydrogen-bond donors (Lipinski definition) is 1. The number of ether oxygens (including phenoxy) is 1. The van der Waals surface area contributed by atoms with Crippen molar-refractivity contribution < 1.29 is 14.5 Å². The van der Waals surface area contributed by atoms with Crippen molar-refractivity contribution in [1.82, 2.24) is 9.78 Å². The minimum Gasteiger partial charge on any atom is -0.492 e. The maximum atomic E-state index is 13.0. The van der Waals surface area contributed by atoms with Crippen LogP contribution in [0.1, 0.15) is 12.5 Å². The van der Waals surface area contributed by atoms with Crippen LogP contribution in [-0.4, -0.2) is 27.2 Å². The van der Waals surface area contributed by atoms with Gasteiger partial charge >= 0.3 is 0 Å². The lowest BCUT2D eigenvalue weighted by molar-refractivity contribution is -0.384. The van der Waals surface area contributed by atoms with Crippen molar-refractivity contribution in [2.45, 2.75) is 6.92 Å². The first-order valence-electron chi connectivity index (χ1n) is 11.0. The smallest absolute Gasteiger partial charge is 0.269 e. The SMILES string of the molecule is CCOc1ccccc1NC(=O)/C(C#N)=C/c1cn(-c2ccccc2)nc1-c1ccc([N+](=O)[O-])cc1. The number of nitro groups is 1. The Bertz CT molecular complexity index is 1470. The highest BCUT2D eigenvalue weighted by atomic mass is 16.6. The van der Waals surface area contributed by atoms with Gasteiger partial charge in [0.15, 0.2) is 0 Å². The van der Waals surface area contributed by atoms with Crippen molar-refractivity contribution in [1.29, 1.82) is 5.26 Å². The molecule has 1 aromatic heterocycles. The number of benzene rings is 3. The minimum absolute atomic E-state index is 0.0524. The number of amides is 1. The quantitative estimate of drug-likeness (QED) is 0.156. The molecule has 0 fully saturated rings. The van der Waals surface area contributed by atoms with Gasteiger partial charge in [0.2, 0.25) is 0 Å². The number of para-hydroxylation sites is 3. The van der Waals surface area contributed by atoms with Crippen LogP contribution in [0.25, 0.3) is 23.0 Å². The fourth-order valence-electron chi connectivity index (χ4n) is 3.52. The van der Waals surface area contributed by atoms with E-state index in [0.29, 0.717) is 34.9 Å². The average molecular weight is 479 g/mol. The number of carbonyl (C=O) groups is 1. The molecule has 0 spiro atoms. The molecular weight excluding hydrogens is 458 g/mol. The van der Waals surface area contributed by atoms with Gasteiger partial charge in [0, 0.05) is 29.5 Å². The van der Waals surface area contributed by atoms with Gasteiger partial charge in [-0.1, -0.05) is 30.3 Å². The van der Waals surface area contributed by atoms with Crippen LogP contribution >= 0.6 is 0 Å². The first-order valence-corrected chi connectivity index (χ1v) is 11.0. The molecule has 0 atom stereocenters. The van der Waals surface area contributed by atoms with Crippen LogP contribution in [0.15, 0.2) is 90.6 Å². The van der Waals surface area contributed by atoms with Crippen molar-refractivity contribution >= 4 is 23.4 Å². The lowest BCUT2D eigenvalue weighted by atomic mass is 10.1. The Labute approximate surface area is 207 Å². The van der Waals surface area contributed by atoms with Crippen molar-refractivity contribution in [3.05, 3.63) is 106 Å². The van der Waals surface area contributed by atoms with Gasteiger partial charge in [-0.3, -0.25) is 14.9 Å². The summed E-state index contributed by atoms with van der Waals surface area (Å²) in [6.07, 6.45) is 3.15. The highest BCUT2D eigenvalue weighted by Crippen LogP contribution is 2.28. The third-order valence-corrected chi connectivity index (χ3v) is 5.21. The standard InChI is InChI=1S/C27H21N5O4/c1-2-36-25-11-7-6-10-24(25)29-27(33)20(17-28)16-21-18-31(22-8-4-3-5-9-22)30-26(21)19-12-14-23(15-13-19)32(34)35/h3-16,18H,2H2,1H3,(H,29,33)/b20-16+. The number of nitrogens with one attached hydrogen (secondary N) is 1. The maximum absolute atomic E-state index is 13.0. The molecule has 0 aliphatic heterocycles. The van der Waals surface area contributed by atoms with Crippen LogP contribution in [0.5, 0.6) is 5.75 Å².